The van der Waals surface area contributed by atoms with Gasteiger partial charge >= 0.3 is 0 Å². The van der Waals surface area contributed by atoms with E-state index >= 15 is 0 Å². The van der Waals surface area contributed by atoms with Crippen LogP contribution >= 0.6 is 11.6 Å². The topological polar surface area (TPSA) is 27.1 Å². The Morgan fingerprint density at radius 2 is 2.11 bits per heavy atom. The second-order valence-electron chi connectivity index (χ2n) is 5.55. The number of hydrogen-bond donors (Lipinski definition) is 0. The summed E-state index contributed by atoms with van der Waals surface area (Å²) >= 11 is 6.12. The number of aryl methyl sites for hydroxylation is 1. The molecule has 0 radical (unpaired) electrons. The molecule has 1 aromatic carbocycles. The SMILES string of the molecule is Cc1cccc2nc(CCl)n(C3(C)CCOCC3)c12. The minimum absolute atomic E-state index is 0.0589. The summed E-state index contributed by atoms with van der Waals surface area (Å²) in [6.45, 7) is 6.05. The van der Waals surface area contributed by atoms with Crippen LogP contribution in [0.25, 0.3) is 11.0 Å². The van der Waals surface area contributed by atoms with Gasteiger partial charge in [-0.3, -0.25) is 0 Å². The van der Waals surface area contributed by atoms with Gasteiger partial charge in [0.25, 0.3) is 0 Å². The fraction of sp³-hybridized carbons (Fsp3) is 0.533. The van der Waals surface area contributed by atoms with Gasteiger partial charge in [0.15, 0.2) is 0 Å². The zero-order valence-corrected chi connectivity index (χ0v) is 12.2. The molecule has 0 saturated carbocycles. The molecule has 1 saturated heterocycles. The van der Waals surface area contributed by atoms with Gasteiger partial charge in [-0.2, -0.15) is 0 Å². The Morgan fingerprint density at radius 3 is 2.79 bits per heavy atom. The Bertz CT molecular complexity index is 599. The molecule has 1 aliphatic rings. The summed E-state index contributed by atoms with van der Waals surface area (Å²) in [6, 6.07) is 6.26. The second kappa shape index (κ2) is 4.80. The number of fused-ring (bicyclic) bond motifs is 1. The average Bonchev–Trinajstić information content (AvgIpc) is 2.80. The van der Waals surface area contributed by atoms with Crippen molar-refractivity contribution >= 4 is 22.6 Å². The van der Waals surface area contributed by atoms with E-state index in [4.69, 9.17) is 21.3 Å². The van der Waals surface area contributed by atoms with Crippen LogP contribution in [0.4, 0.5) is 0 Å². The summed E-state index contributed by atoms with van der Waals surface area (Å²) in [5, 5.41) is 0. The molecule has 0 unspecified atom stereocenters. The van der Waals surface area contributed by atoms with E-state index in [9.17, 15) is 0 Å². The smallest absolute Gasteiger partial charge is 0.125 e. The van der Waals surface area contributed by atoms with Crippen molar-refractivity contribution in [1.29, 1.82) is 0 Å². The van der Waals surface area contributed by atoms with Crippen LogP contribution in [0.15, 0.2) is 18.2 Å². The van der Waals surface area contributed by atoms with E-state index in [1.54, 1.807) is 0 Å². The lowest BCUT2D eigenvalue weighted by molar-refractivity contribution is 0.0302. The Hall–Kier alpha value is -1.06. The fourth-order valence-corrected chi connectivity index (χ4v) is 3.23. The molecule has 3 nitrogen and oxygen atoms in total. The van der Waals surface area contributed by atoms with Gasteiger partial charge in [0.2, 0.25) is 0 Å². The monoisotopic (exact) mass is 278 g/mol. The van der Waals surface area contributed by atoms with Crippen LogP contribution in [-0.4, -0.2) is 22.8 Å². The molecule has 3 rings (SSSR count). The molecule has 4 heteroatoms. The normalized spacial score (nSPS) is 18.9. The number of ether oxygens (including phenoxy) is 1. The number of para-hydroxylation sites is 1. The molecule has 0 atom stereocenters. The minimum Gasteiger partial charge on any atom is -0.381 e. The number of aromatic nitrogens is 2. The maximum absolute atomic E-state index is 6.12. The van der Waals surface area contributed by atoms with E-state index in [0.29, 0.717) is 5.88 Å². The third kappa shape index (κ3) is 2.05. The molecular formula is C15H19ClN2O. The molecule has 0 bridgehead atoms. The van der Waals surface area contributed by atoms with Crippen molar-refractivity contribution in [2.75, 3.05) is 13.2 Å². The summed E-state index contributed by atoms with van der Waals surface area (Å²) in [5.41, 5.74) is 3.59. The Kier molecular flexibility index (Phi) is 3.27. The van der Waals surface area contributed by atoms with Crippen molar-refractivity contribution in [3.8, 4) is 0 Å². The molecule has 0 amide bonds. The third-order valence-corrected chi connectivity index (χ3v) is 4.42. The van der Waals surface area contributed by atoms with Crippen molar-refractivity contribution in [3.63, 3.8) is 0 Å². The first kappa shape index (κ1) is 12.9. The van der Waals surface area contributed by atoms with Crippen LogP contribution < -0.4 is 0 Å². The maximum Gasteiger partial charge on any atom is 0.125 e. The molecule has 1 aliphatic heterocycles. The molecule has 0 aliphatic carbocycles. The van der Waals surface area contributed by atoms with E-state index in [2.05, 4.69) is 36.6 Å². The summed E-state index contributed by atoms with van der Waals surface area (Å²) in [7, 11) is 0. The molecule has 1 aromatic heterocycles. The number of nitrogens with zero attached hydrogens (tertiary/aromatic N) is 2. The van der Waals surface area contributed by atoms with Crippen LogP contribution in [0.2, 0.25) is 0 Å². The van der Waals surface area contributed by atoms with Crippen molar-refractivity contribution < 1.29 is 4.74 Å². The average molecular weight is 279 g/mol. The maximum atomic E-state index is 6.12. The lowest BCUT2D eigenvalue weighted by Gasteiger charge is -2.37. The third-order valence-electron chi connectivity index (χ3n) is 4.18. The highest BCUT2D eigenvalue weighted by Crippen LogP contribution is 2.35. The van der Waals surface area contributed by atoms with Gasteiger partial charge in [-0.05, 0) is 38.3 Å². The number of benzene rings is 1. The molecule has 0 N–H and O–H groups in total. The highest BCUT2D eigenvalue weighted by molar-refractivity contribution is 6.16. The lowest BCUT2D eigenvalue weighted by atomic mass is 9.91. The fourth-order valence-electron chi connectivity index (χ4n) is 3.05. The molecule has 2 heterocycles. The first-order valence-corrected chi connectivity index (χ1v) is 7.30. The first-order valence-electron chi connectivity index (χ1n) is 6.77. The van der Waals surface area contributed by atoms with Gasteiger partial charge in [-0.25, -0.2) is 4.98 Å². The molecular weight excluding hydrogens is 260 g/mol. The number of halogens is 1. The molecule has 102 valence electrons. The van der Waals surface area contributed by atoms with Gasteiger partial charge in [-0.15, -0.1) is 11.6 Å². The Morgan fingerprint density at radius 1 is 1.37 bits per heavy atom. The van der Waals surface area contributed by atoms with Gasteiger partial charge in [-0.1, -0.05) is 12.1 Å². The molecule has 19 heavy (non-hydrogen) atoms. The van der Waals surface area contributed by atoms with Gasteiger partial charge in [0.05, 0.1) is 16.9 Å². The quantitative estimate of drug-likeness (QED) is 0.785. The second-order valence-corrected chi connectivity index (χ2v) is 5.82. The van der Waals surface area contributed by atoms with Gasteiger partial charge < -0.3 is 9.30 Å². The van der Waals surface area contributed by atoms with E-state index in [1.165, 1.54) is 11.1 Å². The first-order chi connectivity index (χ1) is 9.15. The number of hydrogen-bond acceptors (Lipinski definition) is 2. The van der Waals surface area contributed by atoms with Crippen LogP contribution in [0.5, 0.6) is 0 Å². The zero-order valence-electron chi connectivity index (χ0n) is 11.4. The van der Waals surface area contributed by atoms with Crippen LogP contribution in [0, 0.1) is 6.92 Å². The standard InChI is InChI=1S/C15H19ClN2O/c1-11-4-3-5-12-14(11)18(13(10-16)17-12)15(2)6-8-19-9-7-15/h3-5H,6-10H2,1-2H3. The summed E-state index contributed by atoms with van der Waals surface area (Å²) in [5.74, 6) is 1.42. The minimum atomic E-state index is 0.0589. The van der Waals surface area contributed by atoms with Crippen LogP contribution in [-0.2, 0) is 16.2 Å². The largest absolute Gasteiger partial charge is 0.381 e. The predicted octanol–water partition coefficient (Wildman–Crippen LogP) is 3.61. The summed E-state index contributed by atoms with van der Waals surface area (Å²) < 4.78 is 7.87. The number of rotatable bonds is 2. The number of imidazole rings is 1. The van der Waals surface area contributed by atoms with Crippen LogP contribution in [0.1, 0.15) is 31.2 Å². The molecule has 2 aromatic rings. The lowest BCUT2D eigenvalue weighted by Crippen LogP contribution is -2.37. The summed E-state index contributed by atoms with van der Waals surface area (Å²) in [4.78, 5) is 4.70. The van der Waals surface area contributed by atoms with Crippen molar-refractivity contribution in [2.45, 2.75) is 38.1 Å². The predicted molar refractivity (Wildman–Crippen MR) is 77.7 cm³/mol. The Balaban J connectivity index is 2.25. The van der Waals surface area contributed by atoms with E-state index in [1.807, 2.05) is 0 Å². The number of alkyl halides is 1. The highest BCUT2D eigenvalue weighted by Gasteiger charge is 2.33. The van der Waals surface area contributed by atoms with E-state index in [0.717, 1.165) is 37.4 Å². The van der Waals surface area contributed by atoms with Crippen LogP contribution in [0.3, 0.4) is 0 Å². The molecule has 0 spiro atoms. The van der Waals surface area contributed by atoms with E-state index in [-0.39, 0.29) is 5.54 Å². The highest BCUT2D eigenvalue weighted by atomic mass is 35.5. The zero-order chi connectivity index (χ0) is 13.5. The van der Waals surface area contributed by atoms with E-state index < -0.39 is 0 Å². The van der Waals surface area contributed by atoms with Gasteiger partial charge in [0, 0.05) is 18.8 Å². The van der Waals surface area contributed by atoms with Crippen molar-refractivity contribution in [1.82, 2.24) is 9.55 Å². The van der Waals surface area contributed by atoms with Crippen molar-refractivity contribution in [2.24, 2.45) is 0 Å². The summed E-state index contributed by atoms with van der Waals surface area (Å²) in [6.07, 6.45) is 2.02. The Labute approximate surface area is 118 Å². The van der Waals surface area contributed by atoms with Crippen molar-refractivity contribution in [3.05, 3.63) is 29.6 Å². The van der Waals surface area contributed by atoms with Gasteiger partial charge in [0.1, 0.15) is 5.82 Å². The molecule has 1 fully saturated rings.